The van der Waals surface area contributed by atoms with Crippen molar-refractivity contribution in [2.24, 2.45) is 0 Å². The van der Waals surface area contributed by atoms with Gasteiger partial charge < -0.3 is 15.2 Å². The highest BCUT2D eigenvalue weighted by molar-refractivity contribution is 5.97. The number of hydrogen-bond donors (Lipinski definition) is 2. The number of amides is 1. The van der Waals surface area contributed by atoms with Crippen molar-refractivity contribution in [3.8, 4) is 6.07 Å². The van der Waals surface area contributed by atoms with E-state index in [0.29, 0.717) is 37.6 Å². The smallest absolute Gasteiger partial charge is 0.257 e. The maximum absolute atomic E-state index is 12.3. The van der Waals surface area contributed by atoms with Gasteiger partial charge in [-0.2, -0.15) is 5.26 Å². The van der Waals surface area contributed by atoms with Crippen molar-refractivity contribution < 1.29 is 14.6 Å². The molecule has 1 aromatic carbocycles. The molecule has 118 valence electrons. The van der Waals surface area contributed by atoms with E-state index in [1.54, 1.807) is 25.1 Å². The molecule has 1 unspecified atom stereocenters. The molecule has 2 rings (SSSR count). The van der Waals surface area contributed by atoms with Crippen LogP contribution in [0, 0.1) is 18.3 Å². The second-order valence-corrected chi connectivity index (χ2v) is 5.76. The maximum atomic E-state index is 12.3. The number of nitriles is 1. The van der Waals surface area contributed by atoms with Gasteiger partial charge in [0.15, 0.2) is 5.60 Å². The van der Waals surface area contributed by atoms with Gasteiger partial charge in [0, 0.05) is 25.3 Å². The monoisotopic (exact) mass is 303 g/mol. The Kier molecular flexibility index (Phi) is 5.14. The van der Waals surface area contributed by atoms with Crippen LogP contribution in [0.4, 0.5) is 5.69 Å². The van der Waals surface area contributed by atoms with Crippen LogP contribution in [0.15, 0.2) is 18.2 Å². The number of carbonyl (C=O) groups excluding carboxylic acids is 1. The number of β-amino-alcohol motifs (C(OH)–C–C–N with tert-alkyl or cyclic N) is 1. The summed E-state index contributed by atoms with van der Waals surface area (Å²) >= 11 is 0. The fourth-order valence-electron chi connectivity index (χ4n) is 2.40. The van der Waals surface area contributed by atoms with Gasteiger partial charge in [-0.3, -0.25) is 9.69 Å². The number of hydrogen-bond acceptors (Lipinski definition) is 5. The summed E-state index contributed by atoms with van der Waals surface area (Å²) in [4.78, 5) is 14.3. The zero-order valence-electron chi connectivity index (χ0n) is 12.9. The first-order chi connectivity index (χ1) is 10.4. The number of aliphatic hydroxyl groups is 1. The van der Waals surface area contributed by atoms with Crippen LogP contribution in [0.2, 0.25) is 0 Å². The summed E-state index contributed by atoms with van der Waals surface area (Å²) in [6.07, 6.45) is 0. The second-order valence-electron chi connectivity index (χ2n) is 5.76. The third kappa shape index (κ3) is 4.04. The van der Waals surface area contributed by atoms with E-state index < -0.39 is 11.5 Å². The Labute approximate surface area is 130 Å². The molecule has 0 radical (unpaired) electrons. The summed E-state index contributed by atoms with van der Waals surface area (Å²) in [5.74, 6) is -0.455. The second kappa shape index (κ2) is 6.88. The van der Waals surface area contributed by atoms with E-state index in [9.17, 15) is 9.90 Å². The number of nitrogens with zero attached hydrogens (tertiary/aromatic N) is 2. The van der Waals surface area contributed by atoms with Crippen molar-refractivity contribution in [2.45, 2.75) is 19.4 Å². The Morgan fingerprint density at radius 2 is 2.18 bits per heavy atom. The van der Waals surface area contributed by atoms with Crippen molar-refractivity contribution in [1.29, 1.82) is 5.26 Å². The van der Waals surface area contributed by atoms with E-state index in [-0.39, 0.29) is 6.54 Å². The number of anilines is 1. The van der Waals surface area contributed by atoms with Crippen LogP contribution in [-0.2, 0) is 9.53 Å². The standard InChI is InChI=1S/C16H21N3O3/c1-12-9-14(4-3-13(12)10-17)18-15(20)16(2,21)11-19-5-7-22-8-6-19/h3-4,9,21H,5-8,11H2,1-2H3,(H,18,20). The number of benzene rings is 1. The Balaban J connectivity index is 2.00. The highest BCUT2D eigenvalue weighted by atomic mass is 16.5. The van der Waals surface area contributed by atoms with E-state index in [2.05, 4.69) is 11.4 Å². The van der Waals surface area contributed by atoms with Gasteiger partial charge in [-0.1, -0.05) is 0 Å². The summed E-state index contributed by atoms with van der Waals surface area (Å²) in [5.41, 5.74) is 0.439. The first-order valence-electron chi connectivity index (χ1n) is 7.27. The van der Waals surface area contributed by atoms with E-state index in [0.717, 1.165) is 5.56 Å². The Hall–Kier alpha value is -1.94. The first kappa shape index (κ1) is 16.4. The molecule has 1 aliphatic rings. The molecule has 22 heavy (non-hydrogen) atoms. The number of nitrogens with one attached hydrogen (secondary N) is 1. The van der Waals surface area contributed by atoms with Gasteiger partial charge in [0.1, 0.15) is 0 Å². The molecule has 1 atom stereocenters. The zero-order chi connectivity index (χ0) is 16.2. The first-order valence-corrected chi connectivity index (χ1v) is 7.27. The molecule has 1 aromatic rings. The van der Waals surface area contributed by atoms with Gasteiger partial charge >= 0.3 is 0 Å². The number of ether oxygens (including phenoxy) is 1. The average molecular weight is 303 g/mol. The largest absolute Gasteiger partial charge is 0.379 e. The van der Waals surface area contributed by atoms with Crippen LogP contribution >= 0.6 is 0 Å². The third-order valence-corrected chi connectivity index (χ3v) is 3.73. The fourth-order valence-corrected chi connectivity index (χ4v) is 2.40. The van der Waals surface area contributed by atoms with Crippen LogP contribution in [0.25, 0.3) is 0 Å². The highest BCUT2D eigenvalue weighted by Crippen LogP contribution is 2.17. The SMILES string of the molecule is Cc1cc(NC(=O)C(C)(O)CN2CCOCC2)ccc1C#N. The van der Waals surface area contributed by atoms with Gasteiger partial charge in [-0.15, -0.1) is 0 Å². The molecule has 0 spiro atoms. The van der Waals surface area contributed by atoms with Crippen molar-refractivity contribution in [3.63, 3.8) is 0 Å². The lowest BCUT2D eigenvalue weighted by molar-refractivity contribution is -0.135. The van der Waals surface area contributed by atoms with Crippen molar-refractivity contribution >= 4 is 11.6 Å². The molecule has 6 heteroatoms. The van der Waals surface area contributed by atoms with Crippen LogP contribution < -0.4 is 5.32 Å². The zero-order valence-corrected chi connectivity index (χ0v) is 12.9. The Morgan fingerprint density at radius 3 is 2.77 bits per heavy atom. The molecule has 6 nitrogen and oxygen atoms in total. The number of morpholine rings is 1. The van der Waals surface area contributed by atoms with E-state index in [4.69, 9.17) is 10.00 Å². The summed E-state index contributed by atoms with van der Waals surface area (Å²) < 4.78 is 5.26. The van der Waals surface area contributed by atoms with Gasteiger partial charge in [-0.25, -0.2) is 0 Å². The highest BCUT2D eigenvalue weighted by Gasteiger charge is 2.33. The summed E-state index contributed by atoms with van der Waals surface area (Å²) in [7, 11) is 0. The molecule has 0 aromatic heterocycles. The van der Waals surface area contributed by atoms with Crippen molar-refractivity contribution in [3.05, 3.63) is 29.3 Å². The van der Waals surface area contributed by atoms with Crippen LogP contribution in [0.5, 0.6) is 0 Å². The fraction of sp³-hybridized carbons (Fsp3) is 0.500. The summed E-state index contributed by atoms with van der Waals surface area (Å²) in [5, 5.41) is 22.0. The van der Waals surface area contributed by atoms with Crippen molar-refractivity contribution in [2.75, 3.05) is 38.2 Å². The Bertz CT molecular complexity index is 587. The van der Waals surface area contributed by atoms with Crippen LogP contribution in [-0.4, -0.2) is 54.4 Å². The predicted molar refractivity (Wildman–Crippen MR) is 82.4 cm³/mol. The molecular weight excluding hydrogens is 282 g/mol. The minimum atomic E-state index is -1.49. The molecular formula is C16H21N3O3. The average Bonchev–Trinajstić information content (AvgIpc) is 2.48. The third-order valence-electron chi connectivity index (χ3n) is 3.73. The molecule has 1 amide bonds. The topological polar surface area (TPSA) is 85.6 Å². The minimum absolute atomic E-state index is 0.261. The molecule has 2 N–H and O–H groups in total. The summed E-state index contributed by atoms with van der Waals surface area (Å²) in [6.45, 7) is 6.23. The molecule has 1 saturated heterocycles. The number of carbonyl (C=O) groups is 1. The van der Waals surface area contributed by atoms with Gasteiger partial charge in [0.2, 0.25) is 0 Å². The summed E-state index contributed by atoms with van der Waals surface area (Å²) in [6, 6.07) is 7.12. The molecule has 0 aliphatic carbocycles. The normalized spacial score (nSPS) is 18.3. The lowest BCUT2D eigenvalue weighted by Crippen LogP contribution is -2.52. The van der Waals surface area contributed by atoms with E-state index >= 15 is 0 Å². The van der Waals surface area contributed by atoms with Crippen LogP contribution in [0.1, 0.15) is 18.1 Å². The van der Waals surface area contributed by atoms with E-state index in [1.165, 1.54) is 6.92 Å². The molecule has 1 heterocycles. The van der Waals surface area contributed by atoms with Gasteiger partial charge in [-0.05, 0) is 37.6 Å². The number of aryl methyl sites for hydroxylation is 1. The quantitative estimate of drug-likeness (QED) is 0.863. The minimum Gasteiger partial charge on any atom is -0.379 e. The molecule has 0 saturated carbocycles. The number of rotatable bonds is 4. The molecule has 0 bridgehead atoms. The van der Waals surface area contributed by atoms with E-state index in [1.807, 2.05) is 4.90 Å². The lowest BCUT2D eigenvalue weighted by Gasteiger charge is -2.32. The van der Waals surface area contributed by atoms with Crippen LogP contribution in [0.3, 0.4) is 0 Å². The lowest BCUT2D eigenvalue weighted by atomic mass is 10.0. The Morgan fingerprint density at radius 1 is 1.50 bits per heavy atom. The predicted octanol–water partition coefficient (Wildman–Crippen LogP) is 0.888. The van der Waals surface area contributed by atoms with Gasteiger partial charge in [0.25, 0.3) is 5.91 Å². The van der Waals surface area contributed by atoms with Gasteiger partial charge in [0.05, 0.1) is 24.8 Å². The maximum Gasteiger partial charge on any atom is 0.257 e. The molecule has 1 aliphatic heterocycles. The molecule has 1 fully saturated rings. The van der Waals surface area contributed by atoms with Crippen molar-refractivity contribution in [1.82, 2.24) is 4.90 Å².